The largest absolute Gasteiger partial charge is 0.417 e. The van der Waals surface area contributed by atoms with E-state index in [0.717, 1.165) is 6.07 Å². The lowest BCUT2D eigenvalue weighted by Gasteiger charge is -2.11. The molecule has 1 N–H and O–H groups in total. The minimum Gasteiger partial charge on any atom is -0.273 e. The molecular formula is C22H13Cl5F3N3O. The number of nitrogens with one attached hydrogen (secondary N) is 1. The fourth-order valence-electron chi connectivity index (χ4n) is 2.56. The van der Waals surface area contributed by atoms with E-state index in [4.69, 9.17) is 62.8 Å². The lowest BCUT2D eigenvalue weighted by Crippen LogP contribution is -2.10. The molecule has 0 unspecified atom stereocenters. The number of aromatic nitrogens is 1. The molecule has 0 aliphatic carbocycles. The number of benzene rings is 2. The van der Waals surface area contributed by atoms with Crippen molar-refractivity contribution in [1.82, 2.24) is 10.5 Å². The Kier molecular flexibility index (Phi) is 9.09. The average Bonchev–Trinajstić information content (AvgIpc) is 2.75. The van der Waals surface area contributed by atoms with Gasteiger partial charge in [0.15, 0.2) is 0 Å². The van der Waals surface area contributed by atoms with Crippen LogP contribution < -0.4 is 5.48 Å². The summed E-state index contributed by atoms with van der Waals surface area (Å²) in [6, 6.07) is 10.3. The van der Waals surface area contributed by atoms with Crippen molar-refractivity contribution in [2.75, 3.05) is 0 Å². The summed E-state index contributed by atoms with van der Waals surface area (Å²) in [6.07, 6.45) is -1.27. The van der Waals surface area contributed by atoms with Crippen LogP contribution in [0.15, 0.2) is 59.9 Å². The van der Waals surface area contributed by atoms with Gasteiger partial charge in [-0.05, 0) is 42.0 Å². The first-order valence-corrected chi connectivity index (χ1v) is 11.2. The van der Waals surface area contributed by atoms with Crippen LogP contribution in [0.4, 0.5) is 18.9 Å². The topological polar surface area (TPSA) is 46.5 Å². The number of allylic oxidation sites excluding steroid dienone is 1. The zero-order valence-corrected chi connectivity index (χ0v) is 20.6. The van der Waals surface area contributed by atoms with Crippen molar-refractivity contribution in [3.63, 3.8) is 0 Å². The van der Waals surface area contributed by atoms with E-state index in [1.54, 1.807) is 30.3 Å². The van der Waals surface area contributed by atoms with Gasteiger partial charge in [0, 0.05) is 39.3 Å². The number of hydrogen-bond acceptors (Lipinski definition) is 4. The molecule has 0 fully saturated rings. The summed E-state index contributed by atoms with van der Waals surface area (Å²) >= 11 is 30.1. The minimum atomic E-state index is -4.59. The maximum atomic E-state index is 13.0. The van der Waals surface area contributed by atoms with E-state index in [-0.39, 0.29) is 27.9 Å². The van der Waals surface area contributed by atoms with Gasteiger partial charge in [-0.25, -0.2) is 0 Å². The Labute approximate surface area is 217 Å². The number of rotatable bonds is 7. The van der Waals surface area contributed by atoms with Crippen LogP contribution in [0, 0.1) is 0 Å². The Hall–Kier alpha value is -2.00. The first-order chi connectivity index (χ1) is 16.0. The van der Waals surface area contributed by atoms with E-state index in [1.807, 2.05) is 0 Å². The monoisotopic (exact) mass is 567 g/mol. The van der Waals surface area contributed by atoms with E-state index in [1.165, 1.54) is 18.5 Å². The molecule has 0 saturated carbocycles. The fourth-order valence-corrected chi connectivity index (χ4v) is 3.76. The molecule has 34 heavy (non-hydrogen) atoms. The number of alkyl halides is 3. The molecule has 0 bridgehead atoms. The van der Waals surface area contributed by atoms with Gasteiger partial charge in [0.05, 0.1) is 27.0 Å². The van der Waals surface area contributed by atoms with Gasteiger partial charge in [-0.2, -0.15) is 13.2 Å². The number of pyridine rings is 1. The molecule has 0 atom stereocenters. The number of aliphatic imine (C=N–C) groups is 1. The second kappa shape index (κ2) is 11.6. The SMILES string of the molecule is FC(F)(F)c1cnc(/C(C=Nc2ccc(Cl)cc2Cl)=C\NOCc2ccc(Cl)cc2Cl)c(Cl)c1. The molecule has 0 aliphatic rings. The maximum Gasteiger partial charge on any atom is 0.417 e. The van der Waals surface area contributed by atoms with Crippen LogP contribution >= 0.6 is 58.0 Å². The standard InChI is InChI=1S/C22H13Cl5F3N3O/c23-15-2-1-12(17(25)6-15)11-34-33-9-13(8-31-20-4-3-16(24)7-18(20)26)21-19(27)5-14(10-32-21)22(28,29)30/h1-10,33H,11H2/b13-9-,31-8?. The summed E-state index contributed by atoms with van der Waals surface area (Å²) in [5.41, 5.74) is 2.87. The molecule has 0 spiro atoms. The highest BCUT2D eigenvalue weighted by Crippen LogP contribution is 2.33. The van der Waals surface area contributed by atoms with Crippen LogP contribution in [0.1, 0.15) is 16.8 Å². The highest BCUT2D eigenvalue weighted by Gasteiger charge is 2.31. The molecule has 0 amide bonds. The summed E-state index contributed by atoms with van der Waals surface area (Å²) in [5.74, 6) is 0. The highest BCUT2D eigenvalue weighted by atomic mass is 35.5. The van der Waals surface area contributed by atoms with Crippen LogP contribution in [0.25, 0.3) is 5.57 Å². The van der Waals surface area contributed by atoms with Gasteiger partial charge in [0.1, 0.15) is 6.61 Å². The van der Waals surface area contributed by atoms with E-state index in [9.17, 15) is 13.2 Å². The van der Waals surface area contributed by atoms with E-state index in [2.05, 4.69) is 15.5 Å². The van der Waals surface area contributed by atoms with Gasteiger partial charge in [0.25, 0.3) is 0 Å². The summed E-state index contributed by atoms with van der Waals surface area (Å²) in [5, 5.41) is 1.34. The van der Waals surface area contributed by atoms with Crippen molar-refractivity contribution in [3.8, 4) is 0 Å². The average molecular weight is 570 g/mol. The Morgan fingerprint density at radius 3 is 2.24 bits per heavy atom. The van der Waals surface area contributed by atoms with Crippen LogP contribution in [0.3, 0.4) is 0 Å². The zero-order chi connectivity index (χ0) is 24.9. The number of nitrogens with zero attached hydrogens (tertiary/aromatic N) is 2. The summed E-state index contributed by atoms with van der Waals surface area (Å²) in [6.45, 7) is 0.0636. The predicted octanol–water partition coefficient (Wildman–Crippen LogP) is 8.83. The number of hydrogen-bond donors (Lipinski definition) is 1. The molecular weight excluding hydrogens is 557 g/mol. The quantitative estimate of drug-likeness (QED) is 0.176. The second-order valence-electron chi connectivity index (χ2n) is 6.65. The predicted molar refractivity (Wildman–Crippen MR) is 131 cm³/mol. The lowest BCUT2D eigenvalue weighted by atomic mass is 10.1. The number of hydroxylamine groups is 1. The summed E-state index contributed by atoms with van der Waals surface area (Å²) in [4.78, 5) is 13.5. The van der Waals surface area contributed by atoms with Crippen LogP contribution in [-0.4, -0.2) is 11.2 Å². The molecule has 1 aromatic heterocycles. The van der Waals surface area contributed by atoms with Gasteiger partial charge in [-0.15, -0.1) is 0 Å². The first-order valence-electron chi connectivity index (χ1n) is 9.28. The van der Waals surface area contributed by atoms with Gasteiger partial charge in [-0.3, -0.25) is 20.3 Å². The van der Waals surface area contributed by atoms with Crippen molar-refractivity contribution in [1.29, 1.82) is 0 Å². The first kappa shape index (κ1) is 26.6. The smallest absolute Gasteiger partial charge is 0.273 e. The fraction of sp³-hybridized carbons (Fsp3) is 0.0909. The van der Waals surface area contributed by atoms with Gasteiger partial charge in [0.2, 0.25) is 0 Å². The summed E-state index contributed by atoms with van der Waals surface area (Å²) in [7, 11) is 0. The van der Waals surface area contributed by atoms with Crippen molar-refractivity contribution in [3.05, 3.63) is 96.8 Å². The molecule has 12 heteroatoms. The van der Waals surface area contributed by atoms with Gasteiger partial charge in [-0.1, -0.05) is 64.1 Å². The maximum absolute atomic E-state index is 13.0. The second-order valence-corrected chi connectivity index (χ2v) is 8.74. The van der Waals surface area contributed by atoms with Gasteiger partial charge >= 0.3 is 6.18 Å². The molecule has 1 heterocycles. The highest BCUT2D eigenvalue weighted by molar-refractivity contribution is 6.36. The van der Waals surface area contributed by atoms with E-state index >= 15 is 0 Å². The third-order valence-corrected chi connectivity index (χ3v) is 5.65. The molecule has 3 aromatic rings. The Morgan fingerprint density at radius 2 is 1.62 bits per heavy atom. The van der Waals surface area contributed by atoms with Crippen molar-refractivity contribution in [2.24, 2.45) is 4.99 Å². The third-order valence-electron chi connectivity index (χ3n) is 4.23. The van der Waals surface area contributed by atoms with Crippen LogP contribution in [0.5, 0.6) is 0 Å². The molecule has 2 aromatic carbocycles. The van der Waals surface area contributed by atoms with E-state index in [0.29, 0.717) is 32.5 Å². The lowest BCUT2D eigenvalue weighted by molar-refractivity contribution is -0.137. The molecule has 0 aliphatic heterocycles. The summed E-state index contributed by atoms with van der Waals surface area (Å²) < 4.78 is 39.0. The molecule has 0 radical (unpaired) electrons. The van der Waals surface area contributed by atoms with Crippen LogP contribution in [-0.2, 0) is 17.6 Å². The molecule has 3 rings (SSSR count). The van der Waals surface area contributed by atoms with Crippen molar-refractivity contribution >= 4 is 75.5 Å². The number of halogens is 8. The Morgan fingerprint density at radius 1 is 0.941 bits per heavy atom. The molecule has 4 nitrogen and oxygen atoms in total. The minimum absolute atomic E-state index is 0.0316. The zero-order valence-electron chi connectivity index (χ0n) is 16.8. The van der Waals surface area contributed by atoms with E-state index < -0.39 is 11.7 Å². The van der Waals surface area contributed by atoms with Crippen molar-refractivity contribution in [2.45, 2.75) is 12.8 Å². The van der Waals surface area contributed by atoms with Crippen LogP contribution in [0.2, 0.25) is 25.1 Å². The molecule has 178 valence electrons. The third kappa shape index (κ3) is 7.25. The Bertz CT molecular complexity index is 1250. The normalized spacial score (nSPS) is 12.4. The molecule has 0 saturated heterocycles. The Balaban J connectivity index is 1.87. The van der Waals surface area contributed by atoms with Gasteiger partial charge < -0.3 is 0 Å². The van der Waals surface area contributed by atoms with Crippen molar-refractivity contribution < 1.29 is 18.0 Å².